The van der Waals surface area contributed by atoms with Gasteiger partial charge < -0.3 is 10.1 Å². The summed E-state index contributed by atoms with van der Waals surface area (Å²) < 4.78 is 5.40. The van der Waals surface area contributed by atoms with E-state index in [4.69, 9.17) is 16.3 Å². The molecular formula is C12H10ClN3O2. The molecule has 2 rings (SSSR count). The number of nitrogens with zero attached hydrogens (tertiary/aromatic N) is 2. The van der Waals surface area contributed by atoms with Gasteiger partial charge in [0.25, 0.3) is 0 Å². The molecule has 0 saturated heterocycles. The summed E-state index contributed by atoms with van der Waals surface area (Å²) >= 11 is 5.36. The third-order valence-corrected chi connectivity index (χ3v) is 2.23. The van der Waals surface area contributed by atoms with Crippen LogP contribution in [0.5, 0.6) is 11.8 Å². The highest BCUT2D eigenvalue weighted by Gasteiger charge is 2.03. The van der Waals surface area contributed by atoms with Crippen molar-refractivity contribution < 1.29 is 9.53 Å². The van der Waals surface area contributed by atoms with Gasteiger partial charge in [-0.15, -0.1) is 11.6 Å². The molecule has 6 heteroatoms. The summed E-state index contributed by atoms with van der Waals surface area (Å²) in [5, 5.41) is 2.53. The van der Waals surface area contributed by atoms with Crippen LogP contribution in [0.2, 0.25) is 0 Å². The van der Waals surface area contributed by atoms with Gasteiger partial charge in [-0.05, 0) is 12.1 Å². The molecule has 0 aliphatic rings. The minimum Gasteiger partial charge on any atom is -0.424 e. The van der Waals surface area contributed by atoms with Crippen molar-refractivity contribution in [3.05, 3.63) is 42.7 Å². The lowest BCUT2D eigenvalue weighted by molar-refractivity contribution is -0.113. The molecule has 0 bridgehead atoms. The number of hydrogen-bond donors (Lipinski definition) is 1. The molecule has 5 nitrogen and oxygen atoms in total. The van der Waals surface area contributed by atoms with Crippen LogP contribution in [0.15, 0.2) is 42.7 Å². The Morgan fingerprint density at radius 1 is 1.22 bits per heavy atom. The Morgan fingerprint density at radius 3 is 2.50 bits per heavy atom. The van der Waals surface area contributed by atoms with Crippen molar-refractivity contribution in [1.82, 2.24) is 9.97 Å². The number of carbonyl (C=O) groups excluding carboxylic acids is 1. The van der Waals surface area contributed by atoms with Crippen LogP contribution in [0.1, 0.15) is 0 Å². The van der Waals surface area contributed by atoms with Crippen LogP contribution in [-0.4, -0.2) is 21.8 Å². The summed E-state index contributed by atoms with van der Waals surface area (Å²) in [5.41, 5.74) is 0.473. The number of para-hydroxylation sites is 1. The summed E-state index contributed by atoms with van der Waals surface area (Å²) in [6.07, 6.45) is 2.91. The monoisotopic (exact) mass is 263 g/mol. The lowest BCUT2D eigenvalue weighted by Crippen LogP contribution is -2.12. The zero-order valence-electron chi connectivity index (χ0n) is 9.34. The average Bonchev–Trinajstić information content (AvgIpc) is 2.42. The molecule has 1 aromatic heterocycles. The van der Waals surface area contributed by atoms with Crippen LogP contribution in [-0.2, 0) is 4.79 Å². The first-order valence-corrected chi connectivity index (χ1v) is 5.72. The SMILES string of the molecule is O=C(CCl)Nc1cnc(Oc2ccccc2)nc1. The van der Waals surface area contributed by atoms with E-state index in [1.165, 1.54) is 12.4 Å². The smallest absolute Gasteiger partial charge is 0.322 e. The zero-order valence-corrected chi connectivity index (χ0v) is 10.1. The largest absolute Gasteiger partial charge is 0.424 e. The van der Waals surface area contributed by atoms with Crippen LogP contribution in [0, 0.1) is 0 Å². The Bertz CT molecular complexity index is 517. The van der Waals surface area contributed by atoms with Gasteiger partial charge in [0.15, 0.2) is 0 Å². The molecule has 0 unspecified atom stereocenters. The molecule has 0 atom stereocenters. The third kappa shape index (κ3) is 3.43. The van der Waals surface area contributed by atoms with Gasteiger partial charge in [0.05, 0.1) is 18.1 Å². The number of benzene rings is 1. The van der Waals surface area contributed by atoms with Gasteiger partial charge in [0.1, 0.15) is 11.6 Å². The van der Waals surface area contributed by atoms with Gasteiger partial charge >= 0.3 is 6.01 Å². The van der Waals surface area contributed by atoms with E-state index < -0.39 is 0 Å². The van der Waals surface area contributed by atoms with Crippen molar-refractivity contribution in [3.8, 4) is 11.8 Å². The van der Waals surface area contributed by atoms with Crippen LogP contribution < -0.4 is 10.1 Å². The molecule has 0 spiro atoms. The molecule has 92 valence electrons. The molecule has 0 radical (unpaired) electrons. The molecule has 0 fully saturated rings. The Hall–Kier alpha value is -2.14. The second-order valence-corrected chi connectivity index (χ2v) is 3.62. The summed E-state index contributed by atoms with van der Waals surface area (Å²) in [6.45, 7) is 0. The fraction of sp³-hybridized carbons (Fsp3) is 0.0833. The molecule has 2 aromatic rings. The quantitative estimate of drug-likeness (QED) is 0.861. The van der Waals surface area contributed by atoms with E-state index >= 15 is 0 Å². The Morgan fingerprint density at radius 2 is 1.89 bits per heavy atom. The summed E-state index contributed by atoms with van der Waals surface area (Å²) in [4.78, 5) is 19.0. The van der Waals surface area contributed by atoms with Gasteiger partial charge in [0.2, 0.25) is 5.91 Å². The second kappa shape index (κ2) is 5.97. The van der Waals surface area contributed by atoms with E-state index in [2.05, 4.69) is 15.3 Å². The van der Waals surface area contributed by atoms with Gasteiger partial charge in [-0.25, -0.2) is 9.97 Å². The fourth-order valence-electron chi connectivity index (χ4n) is 1.22. The molecule has 18 heavy (non-hydrogen) atoms. The number of rotatable bonds is 4. The standard InChI is InChI=1S/C12H10ClN3O2/c13-6-11(17)16-9-7-14-12(15-8-9)18-10-4-2-1-3-5-10/h1-5,7-8H,6H2,(H,16,17). The fourth-order valence-corrected chi connectivity index (χ4v) is 1.29. The maximum atomic E-state index is 11.0. The summed E-state index contributed by atoms with van der Waals surface area (Å²) in [5.74, 6) is 0.231. The van der Waals surface area contributed by atoms with Crippen LogP contribution >= 0.6 is 11.6 Å². The van der Waals surface area contributed by atoms with Crippen molar-refractivity contribution in [1.29, 1.82) is 0 Å². The number of hydrogen-bond acceptors (Lipinski definition) is 4. The zero-order chi connectivity index (χ0) is 12.8. The number of anilines is 1. The van der Waals surface area contributed by atoms with Crippen molar-refractivity contribution in [2.45, 2.75) is 0 Å². The molecule has 0 aliphatic carbocycles. The predicted molar refractivity (Wildman–Crippen MR) is 67.9 cm³/mol. The number of ether oxygens (including phenoxy) is 1. The maximum Gasteiger partial charge on any atom is 0.322 e. The van der Waals surface area contributed by atoms with E-state index in [0.717, 1.165) is 0 Å². The van der Waals surface area contributed by atoms with E-state index in [1.807, 2.05) is 18.2 Å². The van der Waals surface area contributed by atoms with Crippen molar-refractivity contribution >= 4 is 23.2 Å². The molecule has 1 aromatic carbocycles. The number of halogens is 1. The molecule has 0 aliphatic heterocycles. The normalized spacial score (nSPS) is 9.83. The molecule has 1 N–H and O–H groups in total. The highest BCUT2D eigenvalue weighted by atomic mass is 35.5. The van der Waals surface area contributed by atoms with Gasteiger partial charge in [0, 0.05) is 0 Å². The lowest BCUT2D eigenvalue weighted by Gasteiger charge is -2.04. The number of carbonyl (C=O) groups is 1. The first-order chi connectivity index (χ1) is 8.78. The van der Waals surface area contributed by atoms with Gasteiger partial charge in [-0.1, -0.05) is 18.2 Å². The second-order valence-electron chi connectivity index (χ2n) is 3.35. The maximum absolute atomic E-state index is 11.0. The van der Waals surface area contributed by atoms with Crippen LogP contribution in [0.25, 0.3) is 0 Å². The van der Waals surface area contributed by atoms with Crippen molar-refractivity contribution in [3.63, 3.8) is 0 Å². The lowest BCUT2D eigenvalue weighted by atomic mass is 10.3. The number of nitrogens with one attached hydrogen (secondary N) is 1. The summed E-state index contributed by atoms with van der Waals surface area (Å²) in [6, 6.07) is 9.40. The highest BCUT2D eigenvalue weighted by Crippen LogP contribution is 2.17. The minimum atomic E-state index is -0.308. The average molecular weight is 264 g/mol. The molecule has 1 heterocycles. The number of aromatic nitrogens is 2. The van der Waals surface area contributed by atoms with Gasteiger partial charge in [-0.3, -0.25) is 4.79 Å². The molecular weight excluding hydrogens is 254 g/mol. The number of alkyl halides is 1. The van der Waals surface area contributed by atoms with Crippen LogP contribution in [0.3, 0.4) is 0 Å². The van der Waals surface area contributed by atoms with Gasteiger partial charge in [-0.2, -0.15) is 0 Å². The van der Waals surface area contributed by atoms with E-state index in [1.54, 1.807) is 12.1 Å². The van der Waals surface area contributed by atoms with E-state index in [-0.39, 0.29) is 17.8 Å². The Labute approximate surface area is 109 Å². The topological polar surface area (TPSA) is 64.1 Å². The van der Waals surface area contributed by atoms with Crippen molar-refractivity contribution in [2.75, 3.05) is 11.2 Å². The first kappa shape index (κ1) is 12.3. The molecule has 1 amide bonds. The predicted octanol–water partition coefficient (Wildman–Crippen LogP) is 2.45. The summed E-state index contributed by atoms with van der Waals surface area (Å²) in [7, 11) is 0. The number of amides is 1. The van der Waals surface area contributed by atoms with E-state index in [9.17, 15) is 4.79 Å². The third-order valence-electron chi connectivity index (χ3n) is 1.99. The van der Waals surface area contributed by atoms with E-state index in [0.29, 0.717) is 11.4 Å². The Balaban J connectivity index is 2.02. The molecule has 0 saturated carbocycles. The van der Waals surface area contributed by atoms with Crippen LogP contribution in [0.4, 0.5) is 5.69 Å². The minimum absolute atomic E-state index is 0.109. The highest BCUT2D eigenvalue weighted by molar-refractivity contribution is 6.29. The van der Waals surface area contributed by atoms with Crippen molar-refractivity contribution in [2.24, 2.45) is 0 Å². The Kier molecular flexibility index (Phi) is 4.09. The first-order valence-electron chi connectivity index (χ1n) is 5.18.